The first-order valence-electron chi connectivity index (χ1n) is 8.77. The lowest BCUT2D eigenvalue weighted by Gasteiger charge is -2.32. The van der Waals surface area contributed by atoms with E-state index in [2.05, 4.69) is 12.2 Å². The van der Waals surface area contributed by atoms with Gasteiger partial charge in [0.1, 0.15) is 6.04 Å². The Morgan fingerprint density at radius 1 is 1.15 bits per heavy atom. The third-order valence-corrected chi connectivity index (χ3v) is 5.03. The van der Waals surface area contributed by atoms with Gasteiger partial charge in [-0.3, -0.25) is 4.79 Å². The van der Waals surface area contributed by atoms with E-state index in [-0.39, 0.29) is 24.2 Å². The lowest BCUT2D eigenvalue weighted by molar-refractivity contribution is -0.924. The molecular weight excluding hydrogens is 354 g/mol. The van der Waals surface area contributed by atoms with Gasteiger partial charge in [-0.2, -0.15) is 0 Å². The summed E-state index contributed by atoms with van der Waals surface area (Å²) in [6.07, 6.45) is 0.813. The van der Waals surface area contributed by atoms with Crippen molar-refractivity contribution in [3.05, 3.63) is 53.1 Å². The number of quaternary nitrogens is 1. The molecule has 0 fully saturated rings. The smallest absolute Gasteiger partial charge is 0.279 e. The molecule has 0 radical (unpaired) electrons. The molecule has 7 heteroatoms. The Kier molecular flexibility index (Phi) is 5.60. The van der Waals surface area contributed by atoms with Crippen LogP contribution in [0.15, 0.2) is 30.3 Å². The van der Waals surface area contributed by atoms with Crippen LogP contribution >= 0.6 is 0 Å². The van der Waals surface area contributed by atoms with Crippen LogP contribution in [0.3, 0.4) is 0 Å². The second kappa shape index (κ2) is 7.92. The maximum Gasteiger partial charge on any atom is 0.279 e. The number of methoxy groups -OCH3 is 2. The van der Waals surface area contributed by atoms with E-state index in [1.165, 1.54) is 11.6 Å². The number of carbonyl (C=O) groups is 1. The van der Waals surface area contributed by atoms with E-state index < -0.39 is 11.6 Å². The van der Waals surface area contributed by atoms with E-state index >= 15 is 0 Å². The minimum absolute atomic E-state index is 0.0873. The fourth-order valence-electron chi connectivity index (χ4n) is 3.51. The van der Waals surface area contributed by atoms with Crippen LogP contribution in [0.1, 0.15) is 24.1 Å². The quantitative estimate of drug-likeness (QED) is 0.839. The molecule has 1 aliphatic rings. The molecule has 0 bridgehead atoms. The molecule has 27 heavy (non-hydrogen) atoms. The van der Waals surface area contributed by atoms with E-state index in [1.807, 2.05) is 12.1 Å². The number of hydrogen-bond donors (Lipinski definition) is 2. The van der Waals surface area contributed by atoms with E-state index in [0.29, 0.717) is 11.5 Å². The topological polar surface area (TPSA) is 52.0 Å². The van der Waals surface area contributed by atoms with Gasteiger partial charge in [0.05, 0.1) is 20.8 Å². The maximum absolute atomic E-state index is 13.3. The van der Waals surface area contributed by atoms with Gasteiger partial charge in [-0.1, -0.05) is 0 Å². The van der Waals surface area contributed by atoms with Crippen LogP contribution in [0.4, 0.5) is 14.5 Å². The van der Waals surface area contributed by atoms with Gasteiger partial charge in [0, 0.05) is 23.7 Å². The first-order valence-corrected chi connectivity index (χ1v) is 8.77. The molecule has 144 valence electrons. The molecule has 1 heterocycles. The fourth-order valence-corrected chi connectivity index (χ4v) is 3.51. The molecule has 1 aliphatic heterocycles. The number of carbonyl (C=O) groups excluding carboxylic acids is 1. The minimum Gasteiger partial charge on any atom is -0.493 e. The summed E-state index contributed by atoms with van der Waals surface area (Å²) in [6.45, 7) is 3.08. The number of halogens is 2. The van der Waals surface area contributed by atoms with Crippen molar-refractivity contribution in [1.29, 1.82) is 0 Å². The summed E-state index contributed by atoms with van der Waals surface area (Å²) < 4.78 is 37.0. The van der Waals surface area contributed by atoms with Crippen molar-refractivity contribution in [3.8, 4) is 11.5 Å². The SMILES string of the molecule is COc1cc2c(cc1OC)[C@H](C)[NH+](CC(=O)Nc1ccc(F)c(F)c1)CC2. The van der Waals surface area contributed by atoms with Gasteiger partial charge in [0.2, 0.25) is 0 Å². The number of nitrogens with one attached hydrogen (secondary N) is 2. The number of benzene rings is 2. The van der Waals surface area contributed by atoms with Crippen molar-refractivity contribution in [1.82, 2.24) is 0 Å². The van der Waals surface area contributed by atoms with Crippen molar-refractivity contribution in [3.63, 3.8) is 0 Å². The monoisotopic (exact) mass is 377 g/mol. The van der Waals surface area contributed by atoms with Crippen LogP contribution in [0.25, 0.3) is 0 Å². The average molecular weight is 377 g/mol. The Morgan fingerprint density at radius 3 is 2.52 bits per heavy atom. The summed E-state index contributed by atoms with van der Waals surface area (Å²) in [5.41, 5.74) is 2.55. The normalized spacial score (nSPS) is 18.6. The Bertz CT molecular complexity index is 857. The van der Waals surface area contributed by atoms with E-state index in [4.69, 9.17) is 9.47 Å². The number of amides is 1. The second-order valence-corrected chi connectivity index (χ2v) is 6.64. The first-order chi connectivity index (χ1) is 12.9. The largest absolute Gasteiger partial charge is 0.493 e. The molecular formula is C20H23F2N2O3+. The van der Waals surface area contributed by atoms with Crippen LogP contribution < -0.4 is 19.7 Å². The molecule has 3 rings (SSSR count). The lowest BCUT2D eigenvalue weighted by Crippen LogP contribution is -3.14. The third-order valence-electron chi connectivity index (χ3n) is 5.03. The Balaban J connectivity index is 1.71. The molecule has 0 saturated heterocycles. The Hall–Kier alpha value is -2.67. The van der Waals surface area contributed by atoms with E-state index in [1.54, 1.807) is 14.2 Å². The first kappa shape index (κ1) is 19.1. The summed E-state index contributed by atoms with van der Waals surface area (Å²) in [4.78, 5) is 13.5. The third kappa shape index (κ3) is 4.03. The molecule has 2 atom stereocenters. The van der Waals surface area contributed by atoms with Crippen molar-refractivity contribution in [2.45, 2.75) is 19.4 Å². The molecule has 1 unspecified atom stereocenters. The zero-order chi connectivity index (χ0) is 19.6. The van der Waals surface area contributed by atoms with Crippen LogP contribution in [0, 0.1) is 11.6 Å². The van der Waals surface area contributed by atoms with Gasteiger partial charge in [-0.05, 0) is 36.8 Å². The van der Waals surface area contributed by atoms with Crippen molar-refractivity contribution < 1.29 is 27.9 Å². The van der Waals surface area contributed by atoms with Gasteiger partial charge in [0.25, 0.3) is 5.91 Å². The van der Waals surface area contributed by atoms with Crippen LogP contribution in [-0.4, -0.2) is 33.2 Å². The molecule has 0 aromatic heterocycles. The highest BCUT2D eigenvalue weighted by molar-refractivity contribution is 5.91. The zero-order valence-electron chi connectivity index (χ0n) is 15.6. The minimum atomic E-state index is -0.985. The summed E-state index contributed by atoms with van der Waals surface area (Å²) in [6, 6.07) is 7.36. The van der Waals surface area contributed by atoms with Gasteiger partial charge in [0.15, 0.2) is 29.7 Å². The summed E-state index contributed by atoms with van der Waals surface area (Å²) in [5, 5.41) is 2.63. The highest BCUT2D eigenvalue weighted by atomic mass is 19.2. The van der Waals surface area contributed by atoms with Gasteiger partial charge >= 0.3 is 0 Å². The summed E-state index contributed by atoms with van der Waals surface area (Å²) in [5.74, 6) is -0.809. The average Bonchev–Trinajstić information content (AvgIpc) is 2.66. The zero-order valence-corrected chi connectivity index (χ0v) is 15.6. The van der Waals surface area contributed by atoms with Crippen molar-refractivity contribution >= 4 is 11.6 Å². The highest BCUT2D eigenvalue weighted by Gasteiger charge is 2.30. The summed E-state index contributed by atoms with van der Waals surface area (Å²) in [7, 11) is 3.20. The predicted molar refractivity (Wildman–Crippen MR) is 97.3 cm³/mol. The number of fused-ring (bicyclic) bond motifs is 1. The van der Waals surface area contributed by atoms with Crippen LogP contribution in [0.5, 0.6) is 11.5 Å². The molecule has 2 aromatic rings. The maximum atomic E-state index is 13.3. The molecule has 2 N–H and O–H groups in total. The number of anilines is 1. The summed E-state index contributed by atoms with van der Waals surface area (Å²) >= 11 is 0. The highest BCUT2D eigenvalue weighted by Crippen LogP contribution is 2.33. The van der Waals surface area contributed by atoms with Crippen molar-refractivity contribution in [2.24, 2.45) is 0 Å². The van der Waals surface area contributed by atoms with Crippen LogP contribution in [0.2, 0.25) is 0 Å². The van der Waals surface area contributed by atoms with Gasteiger partial charge in [-0.25, -0.2) is 8.78 Å². The standard InChI is InChI=1S/C20H22F2N2O3/c1-12-15-10-19(27-3)18(26-2)8-13(15)6-7-24(12)11-20(25)23-14-4-5-16(21)17(22)9-14/h4-5,8-10,12H,6-7,11H2,1-3H3,(H,23,25)/p+1/t12-/m0/s1. The fraction of sp³-hybridized carbons (Fsp3) is 0.350. The van der Waals surface area contributed by atoms with E-state index in [9.17, 15) is 13.6 Å². The van der Waals surface area contributed by atoms with E-state index in [0.717, 1.165) is 35.6 Å². The number of rotatable bonds is 5. The second-order valence-electron chi connectivity index (χ2n) is 6.64. The molecule has 2 aromatic carbocycles. The van der Waals surface area contributed by atoms with Crippen LogP contribution in [-0.2, 0) is 11.2 Å². The predicted octanol–water partition coefficient (Wildman–Crippen LogP) is 2.12. The Labute approximate surface area is 156 Å². The number of hydrogen-bond acceptors (Lipinski definition) is 3. The molecule has 0 saturated carbocycles. The van der Waals surface area contributed by atoms with Crippen molar-refractivity contribution in [2.75, 3.05) is 32.6 Å². The lowest BCUT2D eigenvalue weighted by atomic mass is 9.93. The van der Waals surface area contributed by atoms with Gasteiger partial charge in [-0.15, -0.1) is 0 Å². The molecule has 0 spiro atoms. The molecule has 1 amide bonds. The number of ether oxygens (including phenoxy) is 2. The Morgan fingerprint density at radius 2 is 1.85 bits per heavy atom. The van der Waals surface area contributed by atoms with Gasteiger partial charge < -0.3 is 19.7 Å². The molecule has 5 nitrogen and oxygen atoms in total. The molecule has 0 aliphatic carbocycles.